The van der Waals surface area contributed by atoms with Crippen LogP contribution in [0.2, 0.25) is 0 Å². The lowest BCUT2D eigenvalue weighted by Gasteiger charge is -2.15. The molecule has 140 valence electrons. The highest BCUT2D eigenvalue weighted by molar-refractivity contribution is 5.93. The molecule has 0 radical (unpaired) electrons. The summed E-state index contributed by atoms with van der Waals surface area (Å²) in [6.45, 7) is 0. The van der Waals surface area contributed by atoms with Gasteiger partial charge in [0.15, 0.2) is 0 Å². The van der Waals surface area contributed by atoms with Gasteiger partial charge < -0.3 is 15.2 Å². The van der Waals surface area contributed by atoms with E-state index >= 15 is 0 Å². The van der Waals surface area contributed by atoms with Crippen molar-refractivity contribution in [3.63, 3.8) is 0 Å². The minimum absolute atomic E-state index is 0.00662. The van der Waals surface area contributed by atoms with Gasteiger partial charge in [-0.05, 0) is 55.9 Å². The molecule has 4 rings (SSSR count). The predicted molar refractivity (Wildman–Crippen MR) is 105 cm³/mol. The Morgan fingerprint density at radius 3 is 2.41 bits per heavy atom. The van der Waals surface area contributed by atoms with Crippen LogP contribution in [0.15, 0.2) is 54.7 Å². The molecule has 27 heavy (non-hydrogen) atoms. The van der Waals surface area contributed by atoms with Gasteiger partial charge in [0.25, 0.3) is 5.91 Å². The first kappa shape index (κ1) is 17.6. The second kappa shape index (κ2) is 7.82. The van der Waals surface area contributed by atoms with Crippen molar-refractivity contribution < 1.29 is 9.59 Å². The molecule has 0 saturated heterocycles. The van der Waals surface area contributed by atoms with Gasteiger partial charge in [-0.3, -0.25) is 9.59 Å². The number of nitrogens with one attached hydrogen (secondary N) is 2. The molecular formula is C22H25N3O2. The number of aromatic nitrogens is 1. The average molecular weight is 363 g/mol. The van der Waals surface area contributed by atoms with Crippen molar-refractivity contribution in [3.05, 3.63) is 66.0 Å². The van der Waals surface area contributed by atoms with Crippen molar-refractivity contribution in [2.45, 2.75) is 50.2 Å². The Balaban J connectivity index is 1.26. The van der Waals surface area contributed by atoms with Crippen LogP contribution in [0.5, 0.6) is 0 Å². The Labute approximate surface area is 159 Å². The van der Waals surface area contributed by atoms with E-state index in [1.807, 2.05) is 54.7 Å². The van der Waals surface area contributed by atoms with E-state index < -0.39 is 0 Å². The highest BCUT2D eigenvalue weighted by atomic mass is 16.2. The number of benzene rings is 1. The molecule has 1 heterocycles. The van der Waals surface area contributed by atoms with E-state index in [4.69, 9.17) is 0 Å². The summed E-state index contributed by atoms with van der Waals surface area (Å²) < 4.78 is 2.08. The summed E-state index contributed by atoms with van der Waals surface area (Å²) in [6, 6.07) is 14.3. The van der Waals surface area contributed by atoms with E-state index in [1.54, 1.807) is 6.08 Å². The Hall–Kier alpha value is -2.82. The van der Waals surface area contributed by atoms with Crippen molar-refractivity contribution in [1.29, 1.82) is 0 Å². The van der Waals surface area contributed by atoms with E-state index in [-0.39, 0.29) is 23.9 Å². The van der Waals surface area contributed by atoms with Gasteiger partial charge in [0.1, 0.15) is 5.69 Å². The lowest BCUT2D eigenvalue weighted by atomic mass is 10.2. The summed E-state index contributed by atoms with van der Waals surface area (Å²) in [7, 11) is 0. The van der Waals surface area contributed by atoms with E-state index in [2.05, 4.69) is 15.2 Å². The summed E-state index contributed by atoms with van der Waals surface area (Å²) in [5, 5.41) is 6.18. The summed E-state index contributed by atoms with van der Waals surface area (Å²) in [5.41, 5.74) is 1.75. The van der Waals surface area contributed by atoms with Crippen LogP contribution in [0, 0.1) is 0 Å². The van der Waals surface area contributed by atoms with Crippen molar-refractivity contribution in [2.24, 2.45) is 0 Å². The molecule has 2 aromatic rings. The fourth-order valence-corrected chi connectivity index (χ4v) is 3.75. The number of carbonyl (C=O) groups excluding carboxylic acids is 2. The molecular weight excluding hydrogens is 338 g/mol. The number of rotatable bonds is 6. The van der Waals surface area contributed by atoms with E-state index in [0.717, 1.165) is 43.4 Å². The molecule has 5 heteroatoms. The van der Waals surface area contributed by atoms with Gasteiger partial charge in [-0.2, -0.15) is 0 Å². The molecule has 1 aromatic heterocycles. The first-order chi connectivity index (χ1) is 13.2. The smallest absolute Gasteiger partial charge is 0.268 e. The topological polar surface area (TPSA) is 63.1 Å². The van der Waals surface area contributed by atoms with Crippen LogP contribution in [0.25, 0.3) is 6.08 Å². The molecule has 0 spiro atoms. The van der Waals surface area contributed by atoms with E-state index in [9.17, 15) is 9.59 Å². The molecule has 2 amide bonds. The summed E-state index contributed by atoms with van der Waals surface area (Å²) in [5.74, 6) is -0.0914. The number of amides is 2. The van der Waals surface area contributed by atoms with E-state index in [0.29, 0.717) is 6.04 Å². The number of hydrogen-bond acceptors (Lipinski definition) is 2. The Kier molecular flexibility index (Phi) is 5.10. The average Bonchev–Trinajstić information content (AvgIpc) is 3.23. The quantitative estimate of drug-likeness (QED) is 0.774. The van der Waals surface area contributed by atoms with Crippen LogP contribution < -0.4 is 10.6 Å². The van der Waals surface area contributed by atoms with Crippen LogP contribution in [-0.4, -0.2) is 28.5 Å². The first-order valence-electron chi connectivity index (χ1n) is 9.70. The van der Waals surface area contributed by atoms with Gasteiger partial charge in [0.2, 0.25) is 5.91 Å². The van der Waals surface area contributed by atoms with Crippen LogP contribution in [0.3, 0.4) is 0 Å². The molecule has 2 atom stereocenters. The minimum atomic E-state index is -0.0848. The van der Waals surface area contributed by atoms with E-state index in [1.165, 1.54) is 0 Å². The fourth-order valence-electron chi connectivity index (χ4n) is 3.75. The molecule has 0 bridgehead atoms. The van der Waals surface area contributed by atoms with Gasteiger partial charge >= 0.3 is 0 Å². The van der Waals surface area contributed by atoms with Gasteiger partial charge in [-0.1, -0.05) is 30.3 Å². The van der Waals surface area contributed by atoms with Gasteiger partial charge in [-0.25, -0.2) is 0 Å². The highest BCUT2D eigenvalue weighted by Crippen LogP contribution is 2.36. The predicted octanol–water partition coefficient (Wildman–Crippen LogP) is 3.30. The summed E-state index contributed by atoms with van der Waals surface area (Å²) in [6.07, 6.45) is 10.2. The summed E-state index contributed by atoms with van der Waals surface area (Å²) >= 11 is 0. The molecule has 1 aromatic carbocycles. The molecule has 2 fully saturated rings. The zero-order valence-electron chi connectivity index (χ0n) is 15.3. The minimum Gasteiger partial charge on any atom is -0.350 e. The van der Waals surface area contributed by atoms with Gasteiger partial charge in [0, 0.05) is 30.4 Å². The maximum atomic E-state index is 12.6. The molecule has 2 aliphatic carbocycles. The fraction of sp³-hybridized carbons (Fsp3) is 0.364. The molecule has 5 nitrogen and oxygen atoms in total. The second-order valence-electron chi connectivity index (χ2n) is 7.46. The first-order valence-corrected chi connectivity index (χ1v) is 9.70. The number of hydrogen-bond donors (Lipinski definition) is 2. The standard InChI is InChI=1S/C22H25N3O2/c26-21(13-8-16-5-2-1-3-6-16)23-17-9-10-18(15-17)24-22(27)20-7-4-14-25(20)19-11-12-19/h1-8,13-14,17-19H,9-12,15H2,(H,23,26)(H,24,27)/b13-8+/t17-,18+/m1/s1. The largest absolute Gasteiger partial charge is 0.350 e. The summed E-state index contributed by atoms with van der Waals surface area (Å²) in [4.78, 5) is 24.7. The van der Waals surface area contributed by atoms with Crippen molar-refractivity contribution >= 4 is 17.9 Å². The van der Waals surface area contributed by atoms with Crippen LogP contribution in [-0.2, 0) is 4.79 Å². The molecule has 2 aliphatic rings. The van der Waals surface area contributed by atoms with Crippen molar-refractivity contribution in [2.75, 3.05) is 0 Å². The van der Waals surface area contributed by atoms with Crippen LogP contribution in [0.4, 0.5) is 0 Å². The Bertz CT molecular complexity index is 836. The van der Waals surface area contributed by atoms with Crippen molar-refractivity contribution in [1.82, 2.24) is 15.2 Å². The monoisotopic (exact) mass is 363 g/mol. The lowest BCUT2D eigenvalue weighted by molar-refractivity contribution is -0.117. The normalized spacial score (nSPS) is 22.1. The van der Waals surface area contributed by atoms with Crippen molar-refractivity contribution in [3.8, 4) is 0 Å². The lowest BCUT2D eigenvalue weighted by Crippen LogP contribution is -2.37. The molecule has 2 saturated carbocycles. The SMILES string of the molecule is O=C(/C=C/c1ccccc1)N[C@@H]1CC[C@H](NC(=O)c2cccn2C2CC2)C1. The maximum Gasteiger partial charge on any atom is 0.268 e. The van der Waals surface area contributed by atoms with Gasteiger partial charge in [0.05, 0.1) is 0 Å². The Morgan fingerprint density at radius 2 is 1.67 bits per heavy atom. The third kappa shape index (κ3) is 4.48. The second-order valence-corrected chi connectivity index (χ2v) is 7.46. The van der Waals surface area contributed by atoms with Crippen LogP contribution >= 0.6 is 0 Å². The van der Waals surface area contributed by atoms with Crippen LogP contribution in [0.1, 0.15) is 54.2 Å². The molecule has 0 unspecified atom stereocenters. The maximum absolute atomic E-state index is 12.6. The zero-order chi connectivity index (χ0) is 18.6. The van der Waals surface area contributed by atoms with Gasteiger partial charge in [-0.15, -0.1) is 0 Å². The highest BCUT2D eigenvalue weighted by Gasteiger charge is 2.30. The molecule has 0 aliphatic heterocycles. The molecule has 2 N–H and O–H groups in total. The third-order valence-corrected chi connectivity index (χ3v) is 5.29. The Morgan fingerprint density at radius 1 is 0.926 bits per heavy atom. The zero-order valence-corrected chi connectivity index (χ0v) is 15.3. The third-order valence-electron chi connectivity index (χ3n) is 5.29. The number of carbonyl (C=O) groups is 2. The number of nitrogens with zero attached hydrogens (tertiary/aromatic N) is 1.